The Kier molecular flexibility index (Phi) is 6.11. The number of carbonyl (C=O) groups excluding carboxylic acids is 2. The zero-order valence-electron chi connectivity index (χ0n) is 15.0. The number of carbonyl (C=O) groups is 3. The molecule has 2 amide bonds. The van der Waals surface area contributed by atoms with E-state index in [1.807, 2.05) is 13.8 Å². The Balaban J connectivity index is 2.01. The van der Waals surface area contributed by atoms with Crippen molar-refractivity contribution in [2.24, 2.45) is 0 Å². The minimum absolute atomic E-state index is 0.0724. The molecule has 0 bridgehead atoms. The van der Waals surface area contributed by atoms with E-state index in [0.717, 1.165) is 11.3 Å². The lowest BCUT2D eigenvalue weighted by Crippen LogP contribution is -2.30. The molecule has 8 nitrogen and oxygen atoms in total. The standard InChI is InChI=1S/C18H22N4O4/c1-4-22-12(3)17(11(2)21-22)18(26)20-14-7-5-13(6-8-14)9-15(23)19-10-16(24)25/h5-8H,4,9-10H2,1-3H3,(H,19,23)(H,20,26)(H,24,25). The van der Waals surface area contributed by atoms with E-state index in [2.05, 4.69) is 15.7 Å². The van der Waals surface area contributed by atoms with E-state index in [9.17, 15) is 14.4 Å². The lowest BCUT2D eigenvalue weighted by atomic mass is 10.1. The van der Waals surface area contributed by atoms with Crippen molar-refractivity contribution in [2.75, 3.05) is 11.9 Å². The normalized spacial score (nSPS) is 10.4. The molecule has 0 atom stereocenters. The Hall–Kier alpha value is -3.16. The number of amides is 2. The van der Waals surface area contributed by atoms with E-state index in [0.29, 0.717) is 23.5 Å². The molecule has 0 aliphatic rings. The Bertz CT molecular complexity index is 824. The maximum Gasteiger partial charge on any atom is 0.322 e. The highest BCUT2D eigenvalue weighted by molar-refractivity contribution is 6.05. The third-order valence-electron chi connectivity index (χ3n) is 3.92. The number of nitrogens with one attached hydrogen (secondary N) is 2. The maximum atomic E-state index is 12.5. The summed E-state index contributed by atoms with van der Waals surface area (Å²) in [6.45, 7) is 5.91. The van der Waals surface area contributed by atoms with Crippen molar-refractivity contribution in [3.05, 3.63) is 46.8 Å². The predicted octanol–water partition coefficient (Wildman–Crippen LogP) is 1.52. The average Bonchev–Trinajstić information content (AvgIpc) is 2.88. The Labute approximate surface area is 151 Å². The first-order valence-electron chi connectivity index (χ1n) is 8.24. The summed E-state index contributed by atoms with van der Waals surface area (Å²) in [7, 11) is 0. The van der Waals surface area contributed by atoms with Crippen LogP contribution in [0.3, 0.4) is 0 Å². The summed E-state index contributed by atoms with van der Waals surface area (Å²) in [6, 6.07) is 6.83. The van der Waals surface area contributed by atoms with Crippen LogP contribution in [0.25, 0.3) is 0 Å². The van der Waals surface area contributed by atoms with Crippen LogP contribution in [0.5, 0.6) is 0 Å². The molecule has 1 aromatic heterocycles. The van der Waals surface area contributed by atoms with Gasteiger partial charge in [-0.25, -0.2) is 0 Å². The molecule has 26 heavy (non-hydrogen) atoms. The van der Waals surface area contributed by atoms with Crippen LogP contribution in [0.1, 0.15) is 34.2 Å². The van der Waals surface area contributed by atoms with Crippen LogP contribution in [0.4, 0.5) is 5.69 Å². The molecule has 2 aromatic rings. The summed E-state index contributed by atoms with van der Waals surface area (Å²) in [5.41, 5.74) is 3.37. The average molecular weight is 358 g/mol. The van der Waals surface area contributed by atoms with Crippen molar-refractivity contribution < 1.29 is 19.5 Å². The summed E-state index contributed by atoms with van der Waals surface area (Å²) in [6.07, 6.45) is 0.0724. The molecule has 138 valence electrons. The lowest BCUT2D eigenvalue weighted by Gasteiger charge is -2.07. The van der Waals surface area contributed by atoms with Crippen LogP contribution in [-0.4, -0.2) is 39.2 Å². The van der Waals surface area contributed by atoms with Gasteiger partial charge in [-0.3, -0.25) is 19.1 Å². The van der Waals surface area contributed by atoms with Crippen molar-refractivity contribution in [1.82, 2.24) is 15.1 Å². The molecule has 0 radical (unpaired) electrons. The second-order valence-corrected chi connectivity index (χ2v) is 5.86. The molecule has 8 heteroatoms. The molecule has 1 aromatic carbocycles. The first-order valence-corrected chi connectivity index (χ1v) is 8.24. The monoisotopic (exact) mass is 358 g/mol. The highest BCUT2D eigenvalue weighted by Crippen LogP contribution is 2.17. The van der Waals surface area contributed by atoms with Crippen molar-refractivity contribution in [2.45, 2.75) is 33.7 Å². The van der Waals surface area contributed by atoms with E-state index >= 15 is 0 Å². The van der Waals surface area contributed by atoms with Gasteiger partial charge in [0.25, 0.3) is 5.91 Å². The van der Waals surface area contributed by atoms with Gasteiger partial charge < -0.3 is 15.7 Å². The molecule has 0 unspecified atom stereocenters. The number of aliphatic carboxylic acids is 1. The molecule has 0 aliphatic heterocycles. The number of anilines is 1. The maximum absolute atomic E-state index is 12.5. The Morgan fingerprint density at radius 3 is 2.35 bits per heavy atom. The molecule has 0 saturated heterocycles. The molecule has 0 spiro atoms. The van der Waals surface area contributed by atoms with E-state index in [4.69, 9.17) is 5.11 Å². The minimum atomic E-state index is -1.09. The predicted molar refractivity (Wildman–Crippen MR) is 96.1 cm³/mol. The third kappa shape index (κ3) is 4.69. The van der Waals surface area contributed by atoms with E-state index in [1.165, 1.54) is 0 Å². The van der Waals surface area contributed by atoms with Crippen LogP contribution in [0, 0.1) is 13.8 Å². The number of hydrogen-bond donors (Lipinski definition) is 3. The van der Waals surface area contributed by atoms with E-state index < -0.39 is 12.5 Å². The third-order valence-corrected chi connectivity index (χ3v) is 3.92. The summed E-state index contributed by atoms with van der Waals surface area (Å²) in [4.78, 5) is 34.6. The number of hydrogen-bond acceptors (Lipinski definition) is 4. The topological polar surface area (TPSA) is 113 Å². The molecule has 2 rings (SSSR count). The van der Waals surface area contributed by atoms with Gasteiger partial charge in [-0.2, -0.15) is 5.10 Å². The van der Waals surface area contributed by atoms with Gasteiger partial charge in [-0.1, -0.05) is 12.1 Å². The molecule has 0 fully saturated rings. The summed E-state index contributed by atoms with van der Waals surface area (Å²) < 4.78 is 1.78. The number of carboxylic acid groups (broad SMARTS) is 1. The molecule has 1 heterocycles. The first-order chi connectivity index (χ1) is 12.3. The minimum Gasteiger partial charge on any atom is -0.480 e. The number of aromatic nitrogens is 2. The van der Waals surface area contributed by atoms with Gasteiger partial charge in [0, 0.05) is 17.9 Å². The fraction of sp³-hybridized carbons (Fsp3) is 0.333. The van der Waals surface area contributed by atoms with Gasteiger partial charge in [0.05, 0.1) is 17.7 Å². The second kappa shape index (κ2) is 8.28. The number of carboxylic acids is 1. The quantitative estimate of drug-likeness (QED) is 0.694. The molecule has 3 N–H and O–H groups in total. The molecule has 0 aliphatic carbocycles. The number of aryl methyl sites for hydroxylation is 2. The number of benzene rings is 1. The van der Waals surface area contributed by atoms with Crippen LogP contribution >= 0.6 is 0 Å². The summed E-state index contributed by atoms with van der Waals surface area (Å²) in [5.74, 6) is -1.69. The van der Waals surface area contributed by atoms with Crippen LogP contribution in [0.15, 0.2) is 24.3 Å². The van der Waals surface area contributed by atoms with Gasteiger partial charge in [-0.15, -0.1) is 0 Å². The van der Waals surface area contributed by atoms with Gasteiger partial charge in [0.1, 0.15) is 6.54 Å². The van der Waals surface area contributed by atoms with Crippen LogP contribution < -0.4 is 10.6 Å². The molecular formula is C18H22N4O4. The van der Waals surface area contributed by atoms with Crippen LogP contribution in [0.2, 0.25) is 0 Å². The number of rotatable bonds is 7. The molecular weight excluding hydrogens is 336 g/mol. The van der Waals surface area contributed by atoms with E-state index in [1.54, 1.807) is 35.9 Å². The summed E-state index contributed by atoms with van der Waals surface area (Å²) >= 11 is 0. The Morgan fingerprint density at radius 1 is 1.15 bits per heavy atom. The van der Waals surface area contributed by atoms with E-state index in [-0.39, 0.29) is 18.2 Å². The SMILES string of the molecule is CCn1nc(C)c(C(=O)Nc2ccc(CC(=O)NCC(=O)O)cc2)c1C. The molecule has 0 saturated carbocycles. The van der Waals surface area contributed by atoms with Crippen molar-refractivity contribution in [3.8, 4) is 0 Å². The Morgan fingerprint density at radius 2 is 1.81 bits per heavy atom. The van der Waals surface area contributed by atoms with Gasteiger partial charge >= 0.3 is 5.97 Å². The zero-order valence-corrected chi connectivity index (χ0v) is 15.0. The lowest BCUT2D eigenvalue weighted by molar-refractivity contribution is -0.137. The second-order valence-electron chi connectivity index (χ2n) is 5.86. The van der Waals surface area contributed by atoms with Gasteiger partial charge in [-0.05, 0) is 38.5 Å². The highest BCUT2D eigenvalue weighted by atomic mass is 16.4. The fourth-order valence-electron chi connectivity index (χ4n) is 2.66. The van der Waals surface area contributed by atoms with Gasteiger partial charge in [0.15, 0.2) is 0 Å². The largest absolute Gasteiger partial charge is 0.480 e. The zero-order chi connectivity index (χ0) is 19.3. The fourth-order valence-corrected chi connectivity index (χ4v) is 2.66. The van der Waals surface area contributed by atoms with Crippen molar-refractivity contribution >= 4 is 23.5 Å². The van der Waals surface area contributed by atoms with Gasteiger partial charge in [0.2, 0.25) is 5.91 Å². The number of nitrogens with zero attached hydrogens (tertiary/aromatic N) is 2. The van der Waals surface area contributed by atoms with Crippen LogP contribution in [-0.2, 0) is 22.6 Å². The van der Waals surface area contributed by atoms with Crippen molar-refractivity contribution in [1.29, 1.82) is 0 Å². The van der Waals surface area contributed by atoms with Crippen molar-refractivity contribution in [3.63, 3.8) is 0 Å². The first kappa shape index (κ1) is 19.2. The highest BCUT2D eigenvalue weighted by Gasteiger charge is 2.18. The summed E-state index contributed by atoms with van der Waals surface area (Å²) in [5, 5.41) is 18.0. The smallest absolute Gasteiger partial charge is 0.322 e.